The van der Waals surface area contributed by atoms with Crippen molar-refractivity contribution in [1.82, 2.24) is 20.4 Å². The van der Waals surface area contributed by atoms with E-state index in [2.05, 4.69) is 20.4 Å². The Kier molecular flexibility index (Phi) is 4.09. The molecule has 2 aromatic carbocycles. The maximum absolute atomic E-state index is 14.2. The summed E-state index contributed by atoms with van der Waals surface area (Å²) in [5.41, 5.74) is 0.803. The molecule has 4 nitrogen and oxygen atoms in total. The van der Waals surface area contributed by atoms with Gasteiger partial charge in [0.2, 0.25) is 11.6 Å². The van der Waals surface area contributed by atoms with Crippen molar-refractivity contribution in [3.63, 3.8) is 0 Å². The second-order valence-corrected chi connectivity index (χ2v) is 4.66. The van der Waals surface area contributed by atoms with Crippen molar-refractivity contribution in [1.29, 1.82) is 0 Å². The van der Waals surface area contributed by atoms with Crippen LogP contribution in [0.1, 0.15) is 35.1 Å². The molecule has 0 saturated heterocycles. The Hall–Kier alpha value is -2.76. The summed E-state index contributed by atoms with van der Waals surface area (Å²) in [6.45, 7) is 0. The van der Waals surface area contributed by atoms with Crippen molar-refractivity contribution in [2.75, 3.05) is 0 Å². The molecule has 6 heteroatoms. The molecule has 1 heterocycles. The van der Waals surface area contributed by atoms with Crippen molar-refractivity contribution >= 4 is 0 Å². The third-order valence-corrected chi connectivity index (χ3v) is 3.15. The van der Waals surface area contributed by atoms with Crippen LogP contribution < -0.4 is 0 Å². The summed E-state index contributed by atoms with van der Waals surface area (Å²) < 4.78 is 28.4. The van der Waals surface area contributed by atoms with Crippen LogP contribution in [0.2, 0.25) is 0 Å². The first-order valence-corrected chi connectivity index (χ1v) is 6.71. The number of alkyl halides is 2. The van der Waals surface area contributed by atoms with Gasteiger partial charge in [-0.05, 0) is 11.1 Å². The zero-order chi connectivity index (χ0) is 15.4. The normalized spacial score (nSPS) is 13.5. The molecular weight excluding hydrogens is 286 g/mol. The minimum atomic E-state index is -1.54. The van der Waals surface area contributed by atoms with Gasteiger partial charge < -0.3 is 0 Å². The third kappa shape index (κ3) is 2.95. The van der Waals surface area contributed by atoms with Crippen molar-refractivity contribution in [3.05, 3.63) is 83.4 Å². The Morgan fingerprint density at radius 3 is 1.18 bits per heavy atom. The smallest absolute Gasteiger partial charge is 0.212 e. The lowest BCUT2D eigenvalue weighted by Crippen LogP contribution is -2.10. The van der Waals surface area contributed by atoms with Gasteiger partial charge in [-0.2, -0.15) is 0 Å². The van der Waals surface area contributed by atoms with Gasteiger partial charge in [0.15, 0.2) is 12.3 Å². The highest BCUT2D eigenvalue weighted by molar-refractivity contribution is 5.23. The predicted octanol–water partition coefficient (Wildman–Crippen LogP) is 3.38. The Labute approximate surface area is 125 Å². The molecule has 0 saturated carbocycles. The van der Waals surface area contributed by atoms with Gasteiger partial charge in [0.25, 0.3) is 0 Å². The van der Waals surface area contributed by atoms with E-state index in [1.54, 1.807) is 60.7 Å². The van der Waals surface area contributed by atoms with Gasteiger partial charge in [0, 0.05) is 0 Å². The van der Waals surface area contributed by atoms with Crippen molar-refractivity contribution in [3.8, 4) is 0 Å². The molecule has 0 amide bonds. The fourth-order valence-corrected chi connectivity index (χ4v) is 1.99. The number of halogens is 2. The highest BCUT2D eigenvalue weighted by atomic mass is 19.1. The second kappa shape index (κ2) is 6.34. The van der Waals surface area contributed by atoms with Gasteiger partial charge in [-0.1, -0.05) is 60.7 Å². The number of aromatic nitrogens is 4. The largest absolute Gasteiger partial charge is 0.233 e. The minimum absolute atomic E-state index is 0.185. The summed E-state index contributed by atoms with van der Waals surface area (Å²) in [4.78, 5) is 0. The molecule has 0 N–H and O–H groups in total. The first-order valence-electron chi connectivity index (χ1n) is 6.71. The summed E-state index contributed by atoms with van der Waals surface area (Å²) >= 11 is 0. The zero-order valence-electron chi connectivity index (χ0n) is 11.5. The summed E-state index contributed by atoms with van der Waals surface area (Å²) in [5.74, 6) is -0.370. The van der Waals surface area contributed by atoms with E-state index in [9.17, 15) is 8.78 Å². The summed E-state index contributed by atoms with van der Waals surface area (Å²) in [6.07, 6.45) is -3.07. The van der Waals surface area contributed by atoms with Crippen molar-refractivity contribution < 1.29 is 8.78 Å². The molecule has 0 bridgehead atoms. The number of benzene rings is 2. The van der Waals surface area contributed by atoms with Gasteiger partial charge in [-0.3, -0.25) is 0 Å². The van der Waals surface area contributed by atoms with Crippen LogP contribution in [-0.2, 0) is 0 Å². The van der Waals surface area contributed by atoms with Gasteiger partial charge in [-0.25, -0.2) is 8.78 Å². The molecule has 0 radical (unpaired) electrons. The molecule has 0 spiro atoms. The number of nitrogens with zero attached hydrogens (tertiary/aromatic N) is 4. The average Bonchev–Trinajstić information content (AvgIpc) is 2.62. The van der Waals surface area contributed by atoms with E-state index < -0.39 is 12.3 Å². The monoisotopic (exact) mass is 298 g/mol. The van der Waals surface area contributed by atoms with E-state index >= 15 is 0 Å². The van der Waals surface area contributed by atoms with E-state index in [0.29, 0.717) is 11.1 Å². The van der Waals surface area contributed by atoms with Crippen molar-refractivity contribution in [2.24, 2.45) is 0 Å². The zero-order valence-corrected chi connectivity index (χ0v) is 11.5. The number of hydrogen-bond acceptors (Lipinski definition) is 4. The fourth-order valence-electron chi connectivity index (χ4n) is 1.99. The van der Waals surface area contributed by atoms with Crippen LogP contribution in [0.3, 0.4) is 0 Å². The van der Waals surface area contributed by atoms with E-state index in [0.717, 1.165) is 0 Å². The van der Waals surface area contributed by atoms with E-state index in [1.165, 1.54) is 0 Å². The minimum Gasteiger partial charge on any atom is -0.233 e. The Balaban J connectivity index is 1.81. The van der Waals surface area contributed by atoms with E-state index in [1.807, 2.05) is 0 Å². The van der Waals surface area contributed by atoms with Crippen LogP contribution in [0.5, 0.6) is 0 Å². The molecule has 110 valence electrons. The molecule has 22 heavy (non-hydrogen) atoms. The maximum Gasteiger partial charge on any atom is 0.212 e. The lowest BCUT2D eigenvalue weighted by atomic mass is 10.1. The van der Waals surface area contributed by atoms with Crippen LogP contribution in [0, 0.1) is 0 Å². The molecule has 3 aromatic rings. The molecule has 0 aliphatic carbocycles. The topological polar surface area (TPSA) is 51.6 Å². The van der Waals surface area contributed by atoms with E-state index in [-0.39, 0.29) is 11.6 Å². The predicted molar refractivity (Wildman–Crippen MR) is 76.4 cm³/mol. The average molecular weight is 298 g/mol. The molecule has 0 fully saturated rings. The molecular formula is C16H12F2N4. The van der Waals surface area contributed by atoms with Crippen LogP contribution >= 0.6 is 0 Å². The molecule has 1 aromatic heterocycles. The van der Waals surface area contributed by atoms with Gasteiger partial charge >= 0.3 is 0 Å². The van der Waals surface area contributed by atoms with E-state index in [4.69, 9.17) is 0 Å². The molecule has 0 aliphatic rings. The lowest BCUT2D eigenvalue weighted by molar-refractivity contribution is 0.352. The highest BCUT2D eigenvalue weighted by Gasteiger charge is 2.20. The molecule has 2 unspecified atom stereocenters. The third-order valence-electron chi connectivity index (χ3n) is 3.15. The molecule has 0 aliphatic heterocycles. The first-order chi connectivity index (χ1) is 10.8. The summed E-state index contributed by atoms with van der Waals surface area (Å²) in [7, 11) is 0. The number of rotatable bonds is 4. The van der Waals surface area contributed by atoms with Crippen molar-refractivity contribution in [2.45, 2.75) is 12.3 Å². The Morgan fingerprint density at radius 1 is 0.545 bits per heavy atom. The maximum atomic E-state index is 14.2. The first kappa shape index (κ1) is 14.2. The van der Waals surface area contributed by atoms with Gasteiger partial charge in [0.05, 0.1) is 0 Å². The van der Waals surface area contributed by atoms with Gasteiger partial charge in [-0.15, -0.1) is 20.4 Å². The van der Waals surface area contributed by atoms with Crippen LogP contribution in [-0.4, -0.2) is 20.4 Å². The highest BCUT2D eigenvalue weighted by Crippen LogP contribution is 2.24. The Morgan fingerprint density at radius 2 is 0.864 bits per heavy atom. The summed E-state index contributed by atoms with van der Waals surface area (Å²) in [6, 6.07) is 16.9. The molecule has 2 atom stereocenters. The summed E-state index contributed by atoms with van der Waals surface area (Å²) in [5, 5.41) is 14.7. The lowest BCUT2D eigenvalue weighted by Gasteiger charge is -2.08. The second-order valence-electron chi connectivity index (χ2n) is 4.66. The van der Waals surface area contributed by atoms with Crippen LogP contribution in [0.25, 0.3) is 0 Å². The molecule has 3 rings (SSSR count). The van der Waals surface area contributed by atoms with Crippen LogP contribution in [0.4, 0.5) is 8.78 Å². The quantitative estimate of drug-likeness (QED) is 0.741. The Bertz CT molecular complexity index is 656. The fraction of sp³-hybridized carbons (Fsp3) is 0.125. The van der Waals surface area contributed by atoms with Crippen LogP contribution in [0.15, 0.2) is 60.7 Å². The number of hydrogen-bond donors (Lipinski definition) is 0. The standard InChI is InChI=1S/C16H12F2N4/c17-13(11-7-3-1-4-8-11)15-19-21-16(22-20-15)14(18)12-9-5-2-6-10-12/h1-10,13-14H. The SMILES string of the molecule is FC(c1ccccc1)c1nnc(C(F)c2ccccc2)nn1. The van der Waals surface area contributed by atoms with Gasteiger partial charge in [0.1, 0.15) is 0 Å².